The van der Waals surface area contributed by atoms with Crippen molar-refractivity contribution >= 4 is 40.3 Å². The number of hydrogen-bond donors (Lipinski definition) is 1. The SMILES string of the molecule is CSC1=CC(Cl)=NN(Cl)N1. The van der Waals surface area contributed by atoms with E-state index in [1.807, 2.05) is 6.26 Å². The predicted octanol–water partition coefficient (Wildman–Crippen LogP) is 1.72. The summed E-state index contributed by atoms with van der Waals surface area (Å²) in [5.74, 6) is 0. The Morgan fingerprint density at radius 3 is 3.00 bits per heavy atom. The Morgan fingerprint density at radius 2 is 2.50 bits per heavy atom. The molecule has 0 atom stereocenters. The van der Waals surface area contributed by atoms with Crippen LogP contribution in [-0.2, 0) is 0 Å². The Labute approximate surface area is 73.1 Å². The first-order valence-corrected chi connectivity index (χ1v) is 4.39. The third kappa shape index (κ3) is 1.97. The quantitative estimate of drug-likeness (QED) is 0.650. The van der Waals surface area contributed by atoms with Crippen LogP contribution in [0.3, 0.4) is 0 Å². The average molecular weight is 198 g/mol. The second-order valence-electron chi connectivity index (χ2n) is 1.51. The van der Waals surface area contributed by atoms with Crippen molar-refractivity contribution in [2.75, 3.05) is 6.26 Å². The van der Waals surface area contributed by atoms with E-state index in [4.69, 9.17) is 23.4 Å². The summed E-state index contributed by atoms with van der Waals surface area (Å²) in [5, 5.41) is 4.90. The summed E-state index contributed by atoms with van der Waals surface area (Å²) in [6, 6.07) is 0. The molecular weight excluding hydrogens is 193 g/mol. The molecule has 1 rings (SSSR count). The van der Waals surface area contributed by atoms with E-state index in [-0.39, 0.29) is 0 Å². The second-order valence-corrected chi connectivity index (χ2v) is 3.06. The summed E-state index contributed by atoms with van der Waals surface area (Å²) in [7, 11) is 0. The number of thioether (sulfide) groups is 1. The number of hydrogen-bond acceptors (Lipinski definition) is 4. The molecule has 10 heavy (non-hydrogen) atoms. The molecule has 1 heterocycles. The highest BCUT2D eigenvalue weighted by molar-refractivity contribution is 8.02. The van der Waals surface area contributed by atoms with E-state index in [0.717, 1.165) is 9.67 Å². The molecule has 0 amide bonds. The molecule has 1 aliphatic heterocycles. The van der Waals surface area contributed by atoms with Gasteiger partial charge in [-0.2, -0.15) is 0 Å². The highest BCUT2D eigenvalue weighted by Crippen LogP contribution is 2.14. The summed E-state index contributed by atoms with van der Waals surface area (Å²) in [5.41, 5.74) is 2.75. The van der Waals surface area contributed by atoms with Gasteiger partial charge in [-0.05, 0) is 6.26 Å². The van der Waals surface area contributed by atoms with Crippen molar-refractivity contribution in [3.05, 3.63) is 11.1 Å². The number of allylic oxidation sites excluding steroid dienone is 1. The Morgan fingerprint density at radius 1 is 1.80 bits per heavy atom. The number of rotatable bonds is 1. The standard InChI is InChI=1S/C4H5Cl2N3S/c1-10-4-2-3(5)7-9(6)8-4/h2,8H,1H3. The zero-order valence-electron chi connectivity index (χ0n) is 5.14. The lowest BCUT2D eigenvalue weighted by atomic mass is 10.6. The van der Waals surface area contributed by atoms with Crippen LogP contribution in [0.5, 0.6) is 0 Å². The fourth-order valence-electron chi connectivity index (χ4n) is 0.474. The number of nitrogens with zero attached hydrogens (tertiary/aromatic N) is 2. The van der Waals surface area contributed by atoms with E-state index in [1.165, 1.54) is 11.8 Å². The van der Waals surface area contributed by atoms with Crippen LogP contribution in [0, 0.1) is 0 Å². The Kier molecular flexibility index (Phi) is 2.71. The minimum absolute atomic E-state index is 0.373. The zero-order valence-corrected chi connectivity index (χ0v) is 7.46. The van der Waals surface area contributed by atoms with Gasteiger partial charge in [-0.15, -0.1) is 21.5 Å². The monoisotopic (exact) mass is 197 g/mol. The van der Waals surface area contributed by atoms with Crippen molar-refractivity contribution < 1.29 is 0 Å². The molecule has 0 saturated carbocycles. The number of hydrazone groups is 1. The van der Waals surface area contributed by atoms with Gasteiger partial charge in [-0.25, -0.2) is 0 Å². The fraction of sp³-hybridized carbons (Fsp3) is 0.250. The van der Waals surface area contributed by atoms with E-state index in [1.54, 1.807) is 6.08 Å². The molecule has 0 bridgehead atoms. The molecule has 6 heteroatoms. The van der Waals surface area contributed by atoms with Crippen molar-refractivity contribution in [2.24, 2.45) is 5.10 Å². The topological polar surface area (TPSA) is 27.6 Å². The zero-order chi connectivity index (χ0) is 7.56. The molecule has 0 fully saturated rings. The first-order chi connectivity index (χ1) is 4.72. The third-order valence-corrected chi connectivity index (χ3v) is 1.85. The number of nitrogens with one attached hydrogen (secondary N) is 1. The van der Waals surface area contributed by atoms with Gasteiger partial charge in [0.15, 0.2) is 5.17 Å². The molecule has 0 spiro atoms. The van der Waals surface area contributed by atoms with Crippen LogP contribution < -0.4 is 5.43 Å². The average Bonchev–Trinajstić information content (AvgIpc) is 1.85. The first-order valence-electron chi connectivity index (χ1n) is 2.44. The van der Waals surface area contributed by atoms with Gasteiger partial charge in [0, 0.05) is 6.08 Å². The molecule has 1 N–H and O–H groups in total. The van der Waals surface area contributed by atoms with E-state index in [0.29, 0.717) is 5.17 Å². The molecule has 0 unspecified atom stereocenters. The summed E-state index contributed by atoms with van der Waals surface area (Å²) in [4.78, 5) is 0. The highest BCUT2D eigenvalue weighted by Gasteiger charge is 2.07. The van der Waals surface area contributed by atoms with Gasteiger partial charge in [0.05, 0.1) is 16.8 Å². The lowest BCUT2D eigenvalue weighted by Crippen LogP contribution is -2.27. The maximum atomic E-state index is 5.58. The summed E-state index contributed by atoms with van der Waals surface area (Å²) >= 11 is 12.6. The van der Waals surface area contributed by atoms with E-state index in [9.17, 15) is 0 Å². The summed E-state index contributed by atoms with van der Waals surface area (Å²) < 4.78 is 1.05. The highest BCUT2D eigenvalue weighted by atomic mass is 35.5. The summed E-state index contributed by atoms with van der Waals surface area (Å²) in [6.07, 6.45) is 3.62. The van der Waals surface area contributed by atoms with Crippen LogP contribution in [0.25, 0.3) is 0 Å². The largest absolute Gasteiger partial charge is 0.261 e. The Bertz CT molecular complexity index is 191. The molecule has 3 nitrogen and oxygen atoms in total. The lowest BCUT2D eigenvalue weighted by Gasteiger charge is -2.17. The van der Waals surface area contributed by atoms with Crippen LogP contribution >= 0.6 is 35.1 Å². The van der Waals surface area contributed by atoms with Crippen LogP contribution in [0.4, 0.5) is 0 Å². The van der Waals surface area contributed by atoms with Crippen molar-refractivity contribution in [1.29, 1.82) is 0 Å². The van der Waals surface area contributed by atoms with Gasteiger partial charge in [-0.3, -0.25) is 5.43 Å². The van der Waals surface area contributed by atoms with Crippen molar-refractivity contribution in [3.63, 3.8) is 0 Å². The molecule has 56 valence electrons. The minimum Gasteiger partial charge on any atom is -0.261 e. The predicted molar refractivity (Wildman–Crippen MR) is 45.7 cm³/mol. The molecule has 0 aromatic heterocycles. The molecule has 1 aliphatic rings. The lowest BCUT2D eigenvalue weighted by molar-refractivity contribution is 0.408. The second kappa shape index (κ2) is 3.37. The van der Waals surface area contributed by atoms with E-state index < -0.39 is 0 Å². The van der Waals surface area contributed by atoms with Crippen molar-refractivity contribution in [1.82, 2.24) is 10.1 Å². The maximum absolute atomic E-state index is 5.58. The van der Waals surface area contributed by atoms with Crippen LogP contribution in [0.1, 0.15) is 0 Å². The van der Waals surface area contributed by atoms with Crippen LogP contribution in [0.15, 0.2) is 16.2 Å². The molecule has 0 aliphatic carbocycles. The van der Waals surface area contributed by atoms with Gasteiger partial charge in [0.25, 0.3) is 0 Å². The van der Waals surface area contributed by atoms with Crippen LogP contribution in [0.2, 0.25) is 0 Å². The van der Waals surface area contributed by atoms with Crippen molar-refractivity contribution in [2.45, 2.75) is 0 Å². The van der Waals surface area contributed by atoms with E-state index in [2.05, 4.69) is 10.5 Å². The van der Waals surface area contributed by atoms with Crippen molar-refractivity contribution in [3.8, 4) is 0 Å². The van der Waals surface area contributed by atoms with Gasteiger partial charge in [0.1, 0.15) is 0 Å². The molecule has 0 saturated heterocycles. The van der Waals surface area contributed by atoms with Gasteiger partial charge in [0.2, 0.25) is 0 Å². The first kappa shape index (κ1) is 8.04. The number of halogens is 2. The summed E-state index contributed by atoms with van der Waals surface area (Å²) in [6.45, 7) is 0. The minimum atomic E-state index is 0.373. The normalized spacial score (nSPS) is 17.7. The molecule has 0 aromatic carbocycles. The van der Waals surface area contributed by atoms with Crippen LogP contribution in [-0.4, -0.2) is 16.1 Å². The molecular formula is C4H5Cl2N3S. The van der Waals surface area contributed by atoms with E-state index >= 15 is 0 Å². The number of hydrazine groups is 1. The smallest absolute Gasteiger partial charge is 0.155 e. The van der Waals surface area contributed by atoms with Gasteiger partial charge >= 0.3 is 0 Å². The fourth-order valence-corrected chi connectivity index (χ4v) is 1.39. The Hall–Kier alpha value is -0.0600. The Balaban J connectivity index is 2.70. The van der Waals surface area contributed by atoms with Gasteiger partial charge in [-0.1, -0.05) is 11.6 Å². The maximum Gasteiger partial charge on any atom is 0.155 e. The third-order valence-electron chi connectivity index (χ3n) is 0.856. The molecule has 0 radical (unpaired) electrons. The van der Waals surface area contributed by atoms with Gasteiger partial charge < -0.3 is 0 Å². The molecule has 0 aromatic rings.